The molecule has 0 amide bonds. The number of ether oxygens (including phenoxy) is 3. The lowest BCUT2D eigenvalue weighted by Gasteiger charge is -2.24. The van der Waals surface area contributed by atoms with Crippen molar-refractivity contribution in [1.82, 2.24) is 4.57 Å². The number of hydrogen-bond donors (Lipinski definition) is 0. The Bertz CT molecular complexity index is 1810. The second-order valence-electron chi connectivity index (χ2n) is 9.18. The second-order valence-corrected chi connectivity index (χ2v) is 10.6. The molecule has 0 spiro atoms. The monoisotopic (exact) mass is 592 g/mol. The molecule has 0 saturated carbocycles. The zero-order valence-corrected chi connectivity index (χ0v) is 24.1. The maximum Gasteiger partial charge on any atom is 0.338 e. The second kappa shape index (κ2) is 12.1. The van der Waals surface area contributed by atoms with E-state index >= 15 is 0 Å². The Morgan fingerprint density at radius 3 is 2.51 bits per heavy atom. The van der Waals surface area contributed by atoms with Gasteiger partial charge in [-0.25, -0.2) is 14.2 Å². The number of hydrogen-bond acceptors (Lipinski definition) is 7. The van der Waals surface area contributed by atoms with Crippen LogP contribution < -0.4 is 24.4 Å². The number of carbonyl (C=O) groups is 1. The molecule has 1 atom stereocenters. The van der Waals surface area contributed by atoms with Crippen LogP contribution >= 0.6 is 22.9 Å². The topological polar surface area (TPSA) is 79.1 Å². The van der Waals surface area contributed by atoms with Crippen LogP contribution in [0, 0.1) is 5.82 Å². The van der Waals surface area contributed by atoms with Crippen molar-refractivity contribution in [2.45, 2.75) is 26.5 Å². The van der Waals surface area contributed by atoms with Crippen molar-refractivity contribution in [1.29, 1.82) is 0 Å². The third-order valence-corrected chi connectivity index (χ3v) is 7.73. The molecule has 7 nitrogen and oxygen atoms in total. The quantitative estimate of drug-likeness (QED) is 0.264. The van der Waals surface area contributed by atoms with Gasteiger partial charge in [0.1, 0.15) is 12.4 Å². The number of methoxy groups -OCH3 is 1. The van der Waals surface area contributed by atoms with Crippen molar-refractivity contribution in [3.63, 3.8) is 0 Å². The standard InChI is InChI=1S/C31H26ClFN2O5S/c1-4-39-30(37)27-18(2)34-31-35(28(27)21-8-10-22(32)11-9-21)29(36)26(41-31)16-20-7-14-24(25(15-20)38-3)40-17-19-5-12-23(33)13-6-19/h5-16,28H,4,17H2,1-3H3/b26-16+/t28-/m0/s1. The minimum atomic E-state index is -0.721. The van der Waals surface area contributed by atoms with Crippen molar-refractivity contribution in [2.24, 2.45) is 4.99 Å². The van der Waals surface area contributed by atoms with Crippen LogP contribution in [0.4, 0.5) is 4.39 Å². The summed E-state index contributed by atoms with van der Waals surface area (Å²) in [7, 11) is 1.53. The minimum Gasteiger partial charge on any atom is -0.493 e. The molecule has 5 rings (SSSR count). The highest BCUT2D eigenvalue weighted by Crippen LogP contribution is 2.32. The molecule has 0 fully saturated rings. The zero-order chi connectivity index (χ0) is 29.1. The molecule has 1 aliphatic rings. The molecule has 3 aromatic carbocycles. The van der Waals surface area contributed by atoms with Crippen LogP contribution in [0.15, 0.2) is 87.8 Å². The number of benzene rings is 3. The molecule has 10 heteroatoms. The van der Waals surface area contributed by atoms with E-state index in [0.29, 0.717) is 48.3 Å². The van der Waals surface area contributed by atoms with Gasteiger partial charge in [0, 0.05) is 5.02 Å². The number of halogens is 2. The molecule has 0 saturated heterocycles. The van der Waals surface area contributed by atoms with E-state index in [-0.39, 0.29) is 24.6 Å². The lowest BCUT2D eigenvalue weighted by molar-refractivity contribution is -0.139. The first-order valence-electron chi connectivity index (χ1n) is 12.8. The van der Waals surface area contributed by atoms with E-state index in [2.05, 4.69) is 4.99 Å². The number of aromatic nitrogens is 1. The molecule has 0 N–H and O–H groups in total. The summed E-state index contributed by atoms with van der Waals surface area (Å²) >= 11 is 7.35. The number of esters is 1. The molecule has 0 aliphatic carbocycles. The van der Waals surface area contributed by atoms with Crippen LogP contribution in [-0.2, 0) is 16.1 Å². The molecule has 2 heterocycles. The van der Waals surface area contributed by atoms with Gasteiger partial charge < -0.3 is 14.2 Å². The molecule has 1 aromatic heterocycles. The third kappa shape index (κ3) is 5.96. The summed E-state index contributed by atoms with van der Waals surface area (Å²) < 4.78 is 31.9. The SMILES string of the molecule is CCOC(=O)C1=C(C)N=c2s/c(=C/c3ccc(OCc4ccc(F)cc4)c(OC)c3)c(=O)n2[C@H]1c1ccc(Cl)cc1. The van der Waals surface area contributed by atoms with Gasteiger partial charge in [-0.15, -0.1) is 0 Å². The fourth-order valence-electron chi connectivity index (χ4n) is 4.54. The van der Waals surface area contributed by atoms with Gasteiger partial charge in [0.15, 0.2) is 16.3 Å². The summed E-state index contributed by atoms with van der Waals surface area (Å²) in [6.45, 7) is 3.90. The van der Waals surface area contributed by atoms with Gasteiger partial charge in [-0.1, -0.05) is 53.3 Å². The summed E-state index contributed by atoms with van der Waals surface area (Å²) in [5.41, 5.74) is 2.73. The molecule has 1 aliphatic heterocycles. The van der Waals surface area contributed by atoms with E-state index in [1.165, 1.54) is 35.1 Å². The van der Waals surface area contributed by atoms with Crippen LogP contribution in [0.5, 0.6) is 11.5 Å². The summed E-state index contributed by atoms with van der Waals surface area (Å²) in [6.07, 6.45) is 1.75. The molecular formula is C31H26ClFN2O5S. The van der Waals surface area contributed by atoms with Crippen molar-refractivity contribution in [3.05, 3.63) is 125 Å². The van der Waals surface area contributed by atoms with Gasteiger partial charge in [0.2, 0.25) is 0 Å². The Morgan fingerprint density at radius 1 is 1.10 bits per heavy atom. The van der Waals surface area contributed by atoms with Crippen LogP contribution in [0.25, 0.3) is 6.08 Å². The Balaban J connectivity index is 1.53. The fourth-order valence-corrected chi connectivity index (χ4v) is 5.71. The van der Waals surface area contributed by atoms with Crippen molar-refractivity contribution in [3.8, 4) is 11.5 Å². The Hall–Kier alpha value is -4.21. The van der Waals surface area contributed by atoms with Crippen LogP contribution in [0.1, 0.15) is 36.6 Å². The van der Waals surface area contributed by atoms with Gasteiger partial charge in [-0.05, 0) is 73.0 Å². The molecule has 0 unspecified atom stereocenters. The smallest absolute Gasteiger partial charge is 0.338 e. The highest BCUT2D eigenvalue weighted by molar-refractivity contribution is 7.07. The predicted molar refractivity (Wildman–Crippen MR) is 156 cm³/mol. The third-order valence-electron chi connectivity index (χ3n) is 6.50. The van der Waals surface area contributed by atoms with Gasteiger partial charge in [0.05, 0.1) is 35.6 Å². The zero-order valence-electron chi connectivity index (χ0n) is 22.5. The summed E-state index contributed by atoms with van der Waals surface area (Å²) in [5.74, 6) is 0.151. The molecule has 0 bridgehead atoms. The summed E-state index contributed by atoms with van der Waals surface area (Å²) in [5, 5.41) is 0.540. The Labute approximate surface area is 244 Å². The number of allylic oxidation sites excluding steroid dienone is 1. The first-order chi connectivity index (χ1) is 19.8. The maximum atomic E-state index is 13.8. The van der Waals surface area contributed by atoms with Crippen LogP contribution in [-0.4, -0.2) is 24.3 Å². The average molecular weight is 593 g/mol. The Kier molecular flexibility index (Phi) is 8.37. The lowest BCUT2D eigenvalue weighted by atomic mass is 9.96. The molecular weight excluding hydrogens is 567 g/mol. The van der Waals surface area contributed by atoms with Crippen LogP contribution in [0.2, 0.25) is 5.02 Å². The van der Waals surface area contributed by atoms with Gasteiger partial charge in [-0.3, -0.25) is 9.36 Å². The van der Waals surface area contributed by atoms with Crippen LogP contribution in [0.3, 0.4) is 0 Å². The van der Waals surface area contributed by atoms with E-state index in [1.807, 2.05) is 6.07 Å². The van der Waals surface area contributed by atoms with E-state index in [9.17, 15) is 14.0 Å². The maximum absolute atomic E-state index is 13.8. The van der Waals surface area contributed by atoms with E-state index in [0.717, 1.165) is 5.56 Å². The first-order valence-corrected chi connectivity index (χ1v) is 14.0. The van der Waals surface area contributed by atoms with E-state index in [4.69, 9.17) is 25.8 Å². The lowest BCUT2D eigenvalue weighted by Crippen LogP contribution is -2.39. The van der Waals surface area contributed by atoms with Crippen molar-refractivity contribution in [2.75, 3.05) is 13.7 Å². The normalized spacial score (nSPS) is 14.9. The highest BCUT2D eigenvalue weighted by atomic mass is 35.5. The number of fused-ring (bicyclic) bond motifs is 1. The van der Waals surface area contributed by atoms with Crippen molar-refractivity contribution < 1.29 is 23.4 Å². The molecule has 0 radical (unpaired) electrons. The van der Waals surface area contributed by atoms with Gasteiger partial charge in [0.25, 0.3) is 5.56 Å². The predicted octanol–water partition coefficient (Wildman–Crippen LogP) is 5.18. The number of thiazole rings is 1. The largest absolute Gasteiger partial charge is 0.493 e. The van der Waals surface area contributed by atoms with E-state index in [1.54, 1.807) is 68.5 Å². The average Bonchev–Trinajstić information content (AvgIpc) is 3.26. The Morgan fingerprint density at radius 2 is 1.83 bits per heavy atom. The summed E-state index contributed by atoms with van der Waals surface area (Å²) in [4.78, 5) is 31.9. The molecule has 4 aromatic rings. The number of rotatable bonds is 8. The van der Waals surface area contributed by atoms with Gasteiger partial charge in [-0.2, -0.15) is 0 Å². The first kappa shape index (κ1) is 28.3. The minimum absolute atomic E-state index is 0.193. The molecule has 210 valence electrons. The number of carbonyl (C=O) groups excluding carboxylic acids is 1. The van der Waals surface area contributed by atoms with Gasteiger partial charge >= 0.3 is 5.97 Å². The summed E-state index contributed by atoms with van der Waals surface area (Å²) in [6, 6.07) is 17.7. The number of nitrogens with zero attached hydrogens (tertiary/aromatic N) is 2. The molecule has 41 heavy (non-hydrogen) atoms. The van der Waals surface area contributed by atoms with E-state index < -0.39 is 12.0 Å². The fraction of sp³-hybridized carbons (Fsp3) is 0.194. The van der Waals surface area contributed by atoms with Crippen molar-refractivity contribution >= 4 is 35.0 Å². The highest BCUT2D eigenvalue weighted by Gasteiger charge is 2.33.